The minimum absolute atomic E-state index is 0.336. The van der Waals surface area contributed by atoms with Gasteiger partial charge in [-0.1, -0.05) is 158 Å². The van der Waals surface area contributed by atoms with Gasteiger partial charge in [-0.3, -0.25) is 0 Å². The van der Waals surface area contributed by atoms with E-state index in [4.69, 9.17) is 14.4 Å². The molecular formula is C47H31N3O. The van der Waals surface area contributed by atoms with E-state index in [0.29, 0.717) is 5.84 Å². The lowest BCUT2D eigenvalue weighted by Gasteiger charge is -2.24. The summed E-state index contributed by atoms with van der Waals surface area (Å²) >= 11 is 0. The number of rotatable bonds is 5. The van der Waals surface area contributed by atoms with Gasteiger partial charge in [0, 0.05) is 21.9 Å². The first-order valence-electron chi connectivity index (χ1n) is 17.3. The molecule has 0 bridgehead atoms. The summed E-state index contributed by atoms with van der Waals surface area (Å²) in [4.78, 5) is 10.6. The Bertz CT molecular complexity index is 2820. The summed E-state index contributed by atoms with van der Waals surface area (Å²) in [6.07, 6.45) is -0.336. The molecule has 1 N–H and O–H groups in total. The molecule has 10 rings (SSSR count). The van der Waals surface area contributed by atoms with Crippen LogP contribution in [0.15, 0.2) is 190 Å². The first-order chi connectivity index (χ1) is 25.3. The average Bonchev–Trinajstić information content (AvgIpc) is 3.60. The third-order valence-corrected chi connectivity index (χ3v) is 9.95. The topological polar surface area (TPSA) is 49.9 Å². The molecule has 0 radical (unpaired) electrons. The lowest BCUT2D eigenvalue weighted by Crippen LogP contribution is -2.33. The molecule has 0 aliphatic carbocycles. The highest BCUT2D eigenvalue weighted by atomic mass is 16.3. The number of hydrogen-bond acceptors (Lipinski definition) is 4. The molecule has 1 unspecified atom stereocenters. The second kappa shape index (κ2) is 12.0. The minimum Gasteiger partial charge on any atom is -0.456 e. The summed E-state index contributed by atoms with van der Waals surface area (Å²) in [6, 6.07) is 61.5. The molecule has 0 spiro atoms. The van der Waals surface area contributed by atoms with E-state index in [0.717, 1.165) is 66.4 Å². The number of nitrogens with zero attached hydrogens (tertiary/aromatic N) is 2. The van der Waals surface area contributed by atoms with Crippen molar-refractivity contribution >= 4 is 55.2 Å². The Morgan fingerprint density at radius 3 is 1.80 bits per heavy atom. The molecular weight excluding hydrogens is 623 g/mol. The van der Waals surface area contributed by atoms with Gasteiger partial charge < -0.3 is 9.73 Å². The van der Waals surface area contributed by atoms with E-state index in [9.17, 15) is 0 Å². The maximum absolute atomic E-state index is 6.55. The van der Waals surface area contributed by atoms with Crippen LogP contribution >= 0.6 is 0 Å². The van der Waals surface area contributed by atoms with Crippen molar-refractivity contribution < 1.29 is 4.42 Å². The Morgan fingerprint density at radius 1 is 0.451 bits per heavy atom. The number of fused-ring (bicyclic) bond motifs is 6. The molecule has 8 aromatic carbocycles. The number of nitrogens with one attached hydrogen (secondary N) is 1. The van der Waals surface area contributed by atoms with Crippen LogP contribution in [0.2, 0.25) is 0 Å². The molecule has 4 nitrogen and oxygen atoms in total. The molecule has 0 amide bonds. The number of amidine groups is 2. The Balaban J connectivity index is 1.18. The van der Waals surface area contributed by atoms with Gasteiger partial charge in [-0.25, -0.2) is 9.98 Å². The average molecular weight is 654 g/mol. The lowest BCUT2D eigenvalue weighted by molar-refractivity contribution is 0.668. The molecule has 1 aromatic heterocycles. The third-order valence-electron chi connectivity index (χ3n) is 9.95. The number of aliphatic imine (C=N–C) groups is 2. The molecule has 0 saturated heterocycles. The van der Waals surface area contributed by atoms with Crippen LogP contribution in [0.1, 0.15) is 22.9 Å². The lowest BCUT2D eigenvalue weighted by atomic mass is 9.95. The van der Waals surface area contributed by atoms with Gasteiger partial charge in [0.15, 0.2) is 5.84 Å². The normalized spacial score (nSPS) is 14.5. The first kappa shape index (κ1) is 29.2. The van der Waals surface area contributed by atoms with Crippen LogP contribution in [0.25, 0.3) is 65.7 Å². The largest absolute Gasteiger partial charge is 0.456 e. The maximum Gasteiger partial charge on any atom is 0.160 e. The zero-order chi connectivity index (χ0) is 33.7. The van der Waals surface area contributed by atoms with Crippen LogP contribution in [-0.4, -0.2) is 11.7 Å². The summed E-state index contributed by atoms with van der Waals surface area (Å²) in [5.41, 5.74) is 9.33. The first-order valence-corrected chi connectivity index (χ1v) is 17.3. The molecule has 1 atom stereocenters. The number of hydrogen-bond donors (Lipinski definition) is 1. The van der Waals surface area contributed by atoms with Crippen LogP contribution < -0.4 is 5.32 Å². The maximum atomic E-state index is 6.55. The van der Waals surface area contributed by atoms with Gasteiger partial charge >= 0.3 is 0 Å². The van der Waals surface area contributed by atoms with Gasteiger partial charge in [0.05, 0.1) is 0 Å². The zero-order valence-corrected chi connectivity index (χ0v) is 27.6. The van der Waals surface area contributed by atoms with E-state index < -0.39 is 0 Å². The Labute approximate surface area is 295 Å². The fourth-order valence-corrected chi connectivity index (χ4v) is 7.53. The van der Waals surface area contributed by atoms with Crippen LogP contribution in [0, 0.1) is 0 Å². The summed E-state index contributed by atoms with van der Waals surface area (Å²) in [7, 11) is 0. The van der Waals surface area contributed by atoms with Crippen molar-refractivity contribution in [3.8, 4) is 22.3 Å². The van der Waals surface area contributed by atoms with Crippen molar-refractivity contribution in [1.29, 1.82) is 0 Å². The number of furan rings is 1. The molecule has 2 heterocycles. The Morgan fingerprint density at radius 2 is 1.04 bits per heavy atom. The van der Waals surface area contributed by atoms with E-state index >= 15 is 0 Å². The smallest absolute Gasteiger partial charge is 0.160 e. The van der Waals surface area contributed by atoms with Gasteiger partial charge in [-0.2, -0.15) is 0 Å². The zero-order valence-electron chi connectivity index (χ0n) is 27.6. The van der Waals surface area contributed by atoms with Gasteiger partial charge in [-0.05, 0) is 67.6 Å². The third kappa shape index (κ3) is 5.00. The van der Waals surface area contributed by atoms with Gasteiger partial charge in [0.2, 0.25) is 0 Å². The summed E-state index contributed by atoms with van der Waals surface area (Å²) in [6.45, 7) is 0. The van der Waals surface area contributed by atoms with Crippen molar-refractivity contribution in [2.24, 2.45) is 9.98 Å². The predicted molar refractivity (Wildman–Crippen MR) is 211 cm³/mol. The SMILES string of the molecule is c1ccc(-c2ccc(-c3cccc4oc5cccc(C6=NC(c7cc8ccccc8c8ccccc78)=NC(c7ccccc7)N6)c5c34)cc2)cc1. The van der Waals surface area contributed by atoms with Crippen molar-refractivity contribution in [3.05, 3.63) is 193 Å². The highest BCUT2D eigenvalue weighted by molar-refractivity contribution is 6.26. The van der Waals surface area contributed by atoms with Crippen molar-refractivity contribution in [1.82, 2.24) is 5.32 Å². The van der Waals surface area contributed by atoms with E-state index in [1.165, 1.54) is 21.9 Å². The molecule has 1 aliphatic heterocycles. The Hall–Kier alpha value is -6.78. The quantitative estimate of drug-likeness (QED) is 0.188. The van der Waals surface area contributed by atoms with Gasteiger partial charge in [-0.15, -0.1) is 0 Å². The standard InChI is InChI=1S/C47H31N3O/c1-3-13-30(14-4-1)31-25-27-32(28-26-31)36-21-11-23-41-43(36)44-39(22-12-24-42(44)51-41)46-48-45(33-15-5-2-6-16-33)49-47(50-46)40-29-34-17-7-8-18-35(34)37-19-9-10-20-38(37)40/h1-29,45H,(H,48,49,50). The summed E-state index contributed by atoms with van der Waals surface area (Å²) < 4.78 is 6.55. The van der Waals surface area contributed by atoms with Crippen molar-refractivity contribution in [2.45, 2.75) is 6.17 Å². The van der Waals surface area contributed by atoms with Gasteiger partial charge in [0.25, 0.3) is 0 Å². The number of benzene rings is 8. The second-order valence-electron chi connectivity index (χ2n) is 13.0. The summed E-state index contributed by atoms with van der Waals surface area (Å²) in [5.74, 6) is 1.45. The minimum atomic E-state index is -0.336. The highest BCUT2D eigenvalue weighted by Gasteiger charge is 2.25. The van der Waals surface area contributed by atoms with Crippen molar-refractivity contribution in [3.63, 3.8) is 0 Å². The monoisotopic (exact) mass is 653 g/mol. The van der Waals surface area contributed by atoms with Gasteiger partial charge in [0.1, 0.15) is 23.2 Å². The van der Waals surface area contributed by atoms with E-state index in [2.05, 4.69) is 157 Å². The molecule has 0 fully saturated rings. The summed E-state index contributed by atoms with van der Waals surface area (Å²) in [5, 5.41) is 10.5. The van der Waals surface area contributed by atoms with Crippen LogP contribution in [-0.2, 0) is 0 Å². The molecule has 240 valence electrons. The fourth-order valence-electron chi connectivity index (χ4n) is 7.53. The van der Waals surface area contributed by atoms with E-state index in [1.807, 2.05) is 24.3 Å². The second-order valence-corrected chi connectivity index (χ2v) is 13.0. The fraction of sp³-hybridized carbons (Fsp3) is 0.0213. The van der Waals surface area contributed by atoms with Crippen molar-refractivity contribution in [2.75, 3.05) is 0 Å². The van der Waals surface area contributed by atoms with E-state index in [-0.39, 0.29) is 6.17 Å². The van der Waals surface area contributed by atoms with Crippen LogP contribution in [0.5, 0.6) is 0 Å². The molecule has 9 aromatic rings. The van der Waals surface area contributed by atoms with Crippen LogP contribution in [0.4, 0.5) is 0 Å². The Kier molecular flexibility index (Phi) is 6.85. The van der Waals surface area contributed by atoms with Crippen LogP contribution in [0.3, 0.4) is 0 Å². The molecule has 1 aliphatic rings. The molecule has 51 heavy (non-hydrogen) atoms. The molecule has 0 saturated carbocycles. The predicted octanol–water partition coefficient (Wildman–Crippen LogP) is 11.7. The van der Waals surface area contributed by atoms with E-state index in [1.54, 1.807) is 0 Å². The molecule has 4 heteroatoms. The highest BCUT2D eigenvalue weighted by Crippen LogP contribution is 2.40.